The van der Waals surface area contributed by atoms with E-state index in [0.717, 1.165) is 0 Å². The van der Waals surface area contributed by atoms with Crippen molar-refractivity contribution in [1.29, 1.82) is 0 Å². The van der Waals surface area contributed by atoms with Crippen LogP contribution < -0.4 is 5.32 Å². The summed E-state index contributed by atoms with van der Waals surface area (Å²) >= 11 is 0. The minimum atomic E-state index is -1.82. The number of benzene rings is 1. The van der Waals surface area contributed by atoms with Crippen molar-refractivity contribution < 1.29 is 97.9 Å². The molecular weight excluding hydrogens is 825 g/mol. The first kappa shape index (κ1) is 38.1. The van der Waals surface area contributed by atoms with E-state index in [4.69, 9.17) is 14.2 Å². The summed E-state index contributed by atoms with van der Waals surface area (Å²) < 4.78 is 17.6. The molecule has 1 saturated heterocycles. The number of esters is 2. The van der Waals surface area contributed by atoms with Gasteiger partial charge in [0.2, 0.25) is 5.91 Å². The van der Waals surface area contributed by atoms with E-state index in [1.165, 1.54) is 20.8 Å². The van der Waals surface area contributed by atoms with Gasteiger partial charge >= 0.3 is 11.9 Å². The fraction of sp³-hybridized carbons (Fsp3) is 0.647. The van der Waals surface area contributed by atoms with Crippen molar-refractivity contribution in [1.82, 2.24) is 5.32 Å². The van der Waals surface area contributed by atoms with E-state index >= 15 is 0 Å². The standard InChI is InChI=1S/C34H45NO11.Ac/c1-16-20(46-30(42)26(40)24(35-17(2)36)19-11-9-8-10-12-19)14-32(6)29(45-18(3)37)27-33(7,21(38)13-22-34(27,43)15-44-22)28(41)25(39)23(16)31(32,4)5;/h8-12,20-22,24-27,29,38-40,43H,13-15H2,1-7H3,(H,35,36);/t20?,21?,22?,24?,25?,26?,27?,29?,32?,33-,34+;/m1./s1. The summed E-state index contributed by atoms with van der Waals surface area (Å²) in [5, 5.41) is 49.2. The van der Waals surface area contributed by atoms with Gasteiger partial charge in [-0.3, -0.25) is 14.4 Å². The quantitative estimate of drug-likeness (QED) is 0.205. The molecule has 1 amide bonds. The van der Waals surface area contributed by atoms with Crippen LogP contribution in [0.4, 0.5) is 0 Å². The minimum absolute atomic E-state index is 0. The molecule has 4 aliphatic rings. The predicted molar refractivity (Wildman–Crippen MR) is 162 cm³/mol. The third kappa shape index (κ3) is 5.85. The van der Waals surface area contributed by atoms with Crippen LogP contribution in [0.25, 0.3) is 0 Å². The van der Waals surface area contributed by atoms with E-state index in [1.807, 2.05) is 0 Å². The van der Waals surface area contributed by atoms with Crippen molar-refractivity contribution in [2.24, 2.45) is 22.2 Å². The van der Waals surface area contributed by atoms with E-state index in [2.05, 4.69) is 5.32 Å². The van der Waals surface area contributed by atoms with Gasteiger partial charge in [-0.25, -0.2) is 4.79 Å². The molecule has 2 bridgehead atoms. The van der Waals surface area contributed by atoms with Crippen LogP contribution in [-0.2, 0) is 33.4 Å². The molecule has 2 saturated carbocycles. The Morgan fingerprint density at radius 1 is 1.04 bits per heavy atom. The molecule has 1 aliphatic heterocycles. The molecule has 11 atom stereocenters. The Labute approximate surface area is 310 Å². The van der Waals surface area contributed by atoms with Crippen LogP contribution >= 0.6 is 0 Å². The first-order chi connectivity index (χ1) is 21.3. The van der Waals surface area contributed by atoms with Crippen LogP contribution in [0, 0.1) is 66.2 Å². The second-order valence-electron chi connectivity index (χ2n) is 14.4. The summed E-state index contributed by atoms with van der Waals surface area (Å²) in [6.07, 6.45) is -8.11. The molecule has 9 unspecified atom stereocenters. The molecule has 1 aromatic rings. The summed E-state index contributed by atoms with van der Waals surface area (Å²) in [7, 11) is 0. The number of fused-ring (bicyclic) bond motifs is 5. The third-order valence-electron chi connectivity index (χ3n) is 11.6. The Morgan fingerprint density at radius 2 is 1.66 bits per heavy atom. The summed E-state index contributed by atoms with van der Waals surface area (Å²) in [4.78, 5) is 52.8. The number of hydrogen-bond donors (Lipinski definition) is 5. The molecule has 13 heteroatoms. The summed E-state index contributed by atoms with van der Waals surface area (Å²) in [5.74, 6) is -4.17. The number of aliphatic hydroxyl groups is 4. The van der Waals surface area contributed by atoms with Gasteiger partial charge in [-0.15, -0.1) is 0 Å². The second-order valence-corrected chi connectivity index (χ2v) is 14.4. The predicted octanol–water partition coefficient (Wildman–Crippen LogP) is 1.28. The minimum Gasteiger partial charge on any atom is -0.461 e. The number of carbonyl (C=O) groups excluding carboxylic acids is 4. The van der Waals surface area contributed by atoms with Gasteiger partial charge in [-0.2, -0.15) is 0 Å². The fourth-order valence-corrected chi connectivity index (χ4v) is 8.67. The molecule has 12 nitrogen and oxygen atoms in total. The van der Waals surface area contributed by atoms with E-state index in [1.54, 1.807) is 58.0 Å². The number of rotatable bonds is 6. The number of nitrogens with one attached hydrogen (secondary N) is 1. The topological polar surface area (TPSA) is 189 Å². The normalized spacial score (nSPS) is 38.5. The van der Waals surface area contributed by atoms with Crippen LogP contribution in [0.3, 0.4) is 0 Å². The van der Waals surface area contributed by atoms with E-state index in [0.29, 0.717) is 11.1 Å². The fourth-order valence-electron chi connectivity index (χ4n) is 8.67. The van der Waals surface area contributed by atoms with Gasteiger partial charge in [0.15, 0.2) is 11.9 Å². The maximum atomic E-state index is 14.4. The van der Waals surface area contributed by atoms with Gasteiger partial charge < -0.3 is 40.0 Å². The molecular formula is C34H45AcNO11. The van der Waals surface area contributed by atoms with Crippen LogP contribution in [0.1, 0.15) is 72.9 Å². The van der Waals surface area contributed by atoms with Gasteiger partial charge in [-0.1, -0.05) is 51.1 Å². The molecule has 5 N–H and O–H groups in total. The molecule has 3 fully saturated rings. The molecule has 1 aromatic carbocycles. The first-order valence-corrected chi connectivity index (χ1v) is 15.7. The van der Waals surface area contributed by atoms with Gasteiger partial charge in [0.1, 0.15) is 23.9 Å². The number of Topliss-reactive ketones (excluding diaryl/α,β-unsaturated/α-hetero) is 1. The zero-order valence-corrected chi connectivity index (χ0v) is 32.6. The Morgan fingerprint density at radius 3 is 2.19 bits per heavy atom. The smallest absolute Gasteiger partial charge is 0.338 e. The maximum absolute atomic E-state index is 14.4. The van der Waals surface area contributed by atoms with Gasteiger partial charge in [0, 0.05) is 75.7 Å². The van der Waals surface area contributed by atoms with Crippen molar-refractivity contribution in [2.75, 3.05) is 6.61 Å². The maximum Gasteiger partial charge on any atom is 0.338 e. The van der Waals surface area contributed by atoms with Crippen molar-refractivity contribution in [3.8, 4) is 0 Å². The zero-order valence-electron chi connectivity index (χ0n) is 27.9. The molecule has 1 radical (unpaired) electrons. The Balaban J connectivity index is 0.00000500. The summed E-state index contributed by atoms with van der Waals surface area (Å²) in [5.41, 5.74) is -4.61. The molecule has 1 heterocycles. The molecule has 5 rings (SSSR count). The molecule has 0 spiro atoms. The number of ketones is 1. The average Bonchev–Trinajstić information content (AvgIpc) is 2.98. The van der Waals surface area contributed by atoms with Crippen LogP contribution in [-0.4, -0.2) is 92.9 Å². The molecule has 3 aliphatic carbocycles. The van der Waals surface area contributed by atoms with Crippen LogP contribution in [0.15, 0.2) is 41.5 Å². The Kier molecular flexibility index (Phi) is 10.7. The Bertz CT molecular complexity index is 1460. The van der Waals surface area contributed by atoms with Crippen molar-refractivity contribution in [3.05, 3.63) is 47.0 Å². The van der Waals surface area contributed by atoms with E-state index in [-0.39, 0.29) is 69.1 Å². The monoisotopic (exact) mass is 870 g/mol. The second kappa shape index (κ2) is 13.2. The zero-order chi connectivity index (χ0) is 34.1. The van der Waals surface area contributed by atoms with Gasteiger partial charge in [0.05, 0.1) is 30.3 Å². The van der Waals surface area contributed by atoms with E-state index in [9.17, 15) is 39.6 Å². The third-order valence-corrected chi connectivity index (χ3v) is 11.6. The molecule has 47 heavy (non-hydrogen) atoms. The number of carbonyl (C=O) groups is 4. The largest absolute Gasteiger partial charge is 0.461 e. The molecule has 255 valence electrons. The SMILES string of the molecule is CC(=O)NC(c1ccccc1)C(O)C(=O)OC1CC2(C)C(OC(C)=O)C3[C@]4(O)COC4CC(O)[C@@]3(C)C(=O)C(O)C(=C1C)C2(C)C.[Ac]. The van der Waals surface area contributed by atoms with Crippen LogP contribution in [0.2, 0.25) is 0 Å². The van der Waals surface area contributed by atoms with Gasteiger partial charge in [0.25, 0.3) is 0 Å². The first-order valence-electron chi connectivity index (χ1n) is 15.7. The summed E-state index contributed by atoms with van der Waals surface area (Å²) in [6, 6.07) is 7.31. The van der Waals surface area contributed by atoms with Crippen molar-refractivity contribution >= 4 is 23.6 Å². The number of ether oxygens (including phenoxy) is 3. The van der Waals surface area contributed by atoms with E-state index < -0.39 is 94.1 Å². The van der Waals surface area contributed by atoms with Crippen LogP contribution in [0.5, 0.6) is 0 Å². The number of aliphatic hydroxyl groups excluding tert-OH is 3. The molecule has 0 aromatic heterocycles. The van der Waals surface area contributed by atoms with Crippen molar-refractivity contribution in [3.63, 3.8) is 0 Å². The number of hydrogen-bond acceptors (Lipinski definition) is 11. The average molecular weight is 871 g/mol. The number of amides is 1. The van der Waals surface area contributed by atoms with Gasteiger partial charge in [-0.05, 0) is 42.4 Å². The Hall–Kier alpha value is -1.72. The summed E-state index contributed by atoms with van der Waals surface area (Å²) in [6.45, 7) is 10.8. The van der Waals surface area contributed by atoms with Crippen molar-refractivity contribution in [2.45, 2.75) is 110 Å².